The van der Waals surface area contributed by atoms with Gasteiger partial charge < -0.3 is 15.1 Å². The molecule has 2 heterocycles. The predicted molar refractivity (Wildman–Crippen MR) is 108 cm³/mol. The van der Waals surface area contributed by atoms with Gasteiger partial charge >= 0.3 is 0 Å². The molecule has 0 saturated carbocycles. The number of carbonyl (C=O) groups excluding carboxylic acids is 2. The van der Waals surface area contributed by atoms with Gasteiger partial charge in [-0.1, -0.05) is 12.1 Å². The number of nitrogens with one attached hydrogen (secondary N) is 2. The van der Waals surface area contributed by atoms with Gasteiger partial charge in [0.05, 0.1) is 35.8 Å². The molecule has 0 aliphatic carbocycles. The number of hydrogen-bond donors (Lipinski definition) is 2. The fourth-order valence-electron chi connectivity index (χ4n) is 3.72. The van der Waals surface area contributed by atoms with Gasteiger partial charge in [-0.25, -0.2) is 4.98 Å². The Balaban J connectivity index is 1.60. The first-order valence-corrected chi connectivity index (χ1v) is 10.7. The molecule has 0 radical (unpaired) electrons. The van der Waals surface area contributed by atoms with Crippen molar-refractivity contribution in [1.82, 2.24) is 15.2 Å². The molecule has 0 bridgehead atoms. The van der Waals surface area contributed by atoms with E-state index in [1.807, 2.05) is 19.9 Å². The number of carbonyl (C=O) groups is 2. The highest BCUT2D eigenvalue weighted by Gasteiger charge is 2.29. The van der Waals surface area contributed by atoms with E-state index in [0.29, 0.717) is 25.6 Å². The summed E-state index contributed by atoms with van der Waals surface area (Å²) in [5, 5.41) is 3.95. The third-order valence-electron chi connectivity index (χ3n) is 5.12. The van der Waals surface area contributed by atoms with Crippen molar-refractivity contribution in [2.45, 2.75) is 32.6 Å². The third-order valence-corrected chi connectivity index (χ3v) is 6.32. The van der Waals surface area contributed by atoms with Crippen LogP contribution in [0, 0.1) is 0 Å². The van der Waals surface area contributed by atoms with Gasteiger partial charge in [-0.2, -0.15) is 0 Å². The molecule has 1 fully saturated rings. The summed E-state index contributed by atoms with van der Waals surface area (Å²) in [5.74, 6) is 0.384. The molecular formula is C20H29N4O2S+. The maximum absolute atomic E-state index is 12.7. The van der Waals surface area contributed by atoms with Gasteiger partial charge in [0.25, 0.3) is 5.91 Å². The van der Waals surface area contributed by atoms with Crippen LogP contribution in [0.5, 0.6) is 0 Å². The minimum Gasteiger partial charge on any atom is -0.355 e. The van der Waals surface area contributed by atoms with Crippen LogP contribution in [0.1, 0.15) is 37.6 Å². The lowest BCUT2D eigenvalue weighted by molar-refractivity contribution is -0.898. The molecule has 7 heteroatoms. The number of nitrogens with zero attached hydrogens (tertiary/aromatic N) is 2. The second kappa shape index (κ2) is 9.28. The van der Waals surface area contributed by atoms with E-state index in [4.69, 9.17) is 4.98 Å². The van der Waals surface area contributed by atoms with Gasteiger partial charge in [-0.15, -0.1) is 11.3 Å². The smallest absolute Gasteiger partial charge is 0.278 e. The van der Waals surface area contributed by atoms with Gasteiger partial charge in [-0.05, 0) is 38.8 Å². The molecule has 1 aliphatic rings. The zero-order valence-electron chi connectivity index (χ0n) is 16.2. The SMILES string of the molecule is CCNC(=O)CN(CC)C(=O)C[NH+]1CCC[C@@H](c2nc3ccccc3s2)C1. The largest absolute Gasteiger partial charge is 0.355 e. The van der Waals surface area contributed by atoms with Crippen molar-refractivity contribution in [3.05, 3.63) is 29.3 Å². The van der Waals surface area contributed by atoms with Crippen molar-refractivity contribution in [2.75, 3.05) is 39.3 Å². The molecule has 1 aliphatic heterocycles. The molecule has 1 aromatic heterocycles. The number of piperidine rings is 1. The number of para-hydroxylation sites is 1. The molecule has 1 aromatic carbocycles. The molecule has 2 N–H and O–H groups in total. The Kier molecular flexibility index (Phi) is 6.79. The summed E-state index contributed by atoms with van der Waals surface area (Å²) in [6.45, 7) is 7.50. The Hall–Kier alpha value is -1.99. The predicted octanol–water partition coefficient (Wildman–Crippen LogP) is 1.04. The van der Waals surface area contributed by atoms with Crippen molar-refractivity contribution >= 4 is 33.4 Å². The van der Waals surface area contributed by atoms with E-state index in [0.717, 1.165) is 31.4 Å². The molecule has 6 nitrogen and oxygen atoms in total. The molecule has 3 rings (SSSR count). The van der Waals surface area contributed by atoms with Crippen LogP contribution in [0.15, 0.2) is 24.3 Å². The first-order chi connectivity index (χ1) is 13.1. The standard InChI is InChI=1S/C20H28N4O2S/c1-3-21-18(25)13-24(4-2)19(26)14-23-11-7-8-15(12-23)20-22-16-9-5-6-10-17(16)27-20/h5-6,9-10,15H,3-4,7-8,11-14H2,1-2H3,(H,21,25)/p+1/t15-/m1/s1. The first kappa shape index (κ1) is 19.8. The van der Waals surface area contributed by atoms with Crippen LogP contribution in [-0.2, 0) is 9.59 Å². The van der Waals surface area contributed by atoms with Crippen LogP contribution in [0.25, 0.3) is 10.2 Å². The molecule has 0 spiro atoms. The van der Waals surface area contributed by atoms with Gasteiger partial charge in [0.2, 0.25) is 5.91 Å². The zero-order valence-corrected chi connectivity index (χ0v) is 17.0. The Bertz CT molecular complexity index is 758. The molecule has 1 unspecified atom stereocenters. The quantitative estimate of drug-likeness (QED) is 0.744. The molecule has 27 heavy (non-hydrogen) atoms. The van der Waals surface area contributed by atoms with E-state index in [2.05, 4.69) is 23.5 Å². The van der Waals surface area contributed by atoms with E-state index in [1.54, 1.807) is 16.2 Å². The summed E-state index contributed by atoms with van der Waals surface area (Å²) in [6.07, 6.45) is 2.24. The Morgan fingerprint density at radius 1 is 1.33 bits per heavy atom. The monoisotopic (exact) mass is 389 g/mol. The molecule has 2 aromatic rings. The minimum atomic E-state index is -0.0892. The lowest BCUT2D eigenvalue weighted by Crippen LogP contribution is -3.14. The van der Waals surface area contributed by atoms with E-state index < -0.39 is 0 Å². The highest BCUT2D eigenvalue weighted by molar-refractivity contribution is 7.18. The Morgan fingerprint density at radius 2 is 2.15 bits per heavy atom. The topological polar surface area (TPSA) is 66.7 Å². The van der Waals surface area contributed by atoms with Crippen LogP contribution in [0.2, 0.25) is 0 Å². The van der Waals surface area contributed by atoms with E-state index in [1.165, 1.54) is 14.6 Å². The second-order valence-electron chi connectivity index (χ2n) is 7.10. The molecule has 1 saturated heterocycles. The van der Waals surface area contributed by atoms with Gasteiger partial charge in [0.1, 0.15) is 5.01 Å². The van der Waals surface area contributed by atoms with E-state index in [9.17, 15) is 9.59 Å². The lowest BCUT2D eigenvalue weighted by atomic mass is 9.98. The van der Waals surface area contributed by atoms with Crippen molar-refractivity contribution in [3.63, 3.8) is 0 Å². The van der Waals surface area contributed by atoms with Crippen molar-refractivity contribution in [2.24, 2.45) is 0 Å². The van der Waals surface area contributed by atoms with Crippen molar-refractivity contribution in [1.29, 1.82) is 0 Å². The summed E-state index contributed by atoms with van der Waals surface area (Å²) in [5.41, 5.74) is 1.07. The maximum Gasteiger partial charge on any atom is 0.278 e. The molecule has 2 atom stereocenters. The summed E-state index contributed by atoms with van der Waals surface area (Å²) in [4.78, 5) is 32.3. The molecule has 2 amide bonds. The van der Waals surface area contributed by atoms with Crippen LogP contribution in [-0.4, -0.2) is 61.0 Å². The van der Waals surface area contributed by atoms with Crippen LogP contribution in [0.3, 0.4) is 0 Å². The number of fused-ring (bicyclic) bond motifs is 1. The normalized spacial score (nSPS) is 19.8. The second-order valence-corrected chi connectivity index (χ2v) is 8.16. The average molecular weight is 390 g/mol. The van der Waals surface area contributed by atoms with Crippen LogP contribution in [0.4, 0.5) is 0 Å². The number of hydrogen-bond acceptors (Lipinski definition) is 4. The lowest BCUT2D eigenvalue weighted by Gasteiger charge is -2.30. The van der Waals surface area contributed by atoms with Crippen LogP contribution >= 0.6 is 11.3 Å². The van der Waals surface area contributed by atoms with Crippen LogP contribution < -0.4 is 10.2 Å². The Morgan fingerprint density at radius 3 is 2.89 bits per heavy atom. The third kappa shape index (κ3) is 5.05. The van der Waals surface area contributed by atoms with Crippen molar-refractivity contribution < 1.29 is 14.5 Å². The number of amides is 2. The molecular weight excluding hydrogens is 360 g/mol. The summed E-state index contributed by atoms with van der Waals surface area (Å²) in [6, 6.07) is 8.26. The highest BCUT2D eigenvalue weighted by Crippen LogP contribution is 2.30. The number of thiazole rings is 1. The number of aromatic nitrogens is 1. The summed E-state index contributed by atoms with van der Waals surface area (Å²) in [7, 11) is 0. The number of likely N-dealkylation sites (N-methyl/N-ethyl adjacent to an activating group) is 2. The highest BCUT2D eigenvalue weighted by atomic mass is 32.1. The first-order valence-electron chi connectivity index (χ1n) is 9.84. The zero-order chi connectivity index (χ0) is 19.2. The number of rotatable bonds is 7. The average Bonchev–Trinajstić information content (AvgIpc) is 3.11. The van der Waals surface area contributed by atoms with E-state index in [-0.39, 0.29) is 18.4 Å². The fraction of sp³-hybridized carbons (Fsp3) is 0.550. The summed E-state index contributed by atoms with van der Waals surface area (Å²) < 4.78 is 1.23. The maximum atomic E-state index is 12.7. The van der Waals surface area contributed by atoms with Gasteiger partial charge in [0.15, 0.2) is 6.54 Å². The fourth-order valence-corrected chi connectivity index (χ4v) is 4.82. The number of benzene rings is 1. The number of likely N-dealkylation sites (tertiary alicyclic amines) is 1. The van der Waals surface area contributed by atoms with Gasteiger partial charge in [0, 0.05) is 13.1 Å². The summed E-state index contributed by atoms with van der Waals surface area (Å²) >= 11 is 1.78. The molecule has 146 valence electrons. The van der Waals surface area contributed by atoms with Gasteiger partial charge in [-0.3, -0.25) is 9.59 Å². The Labute approximate surface area is 164 Å². The number of quaternary nitrogens is 1. The van der Waals surface area contributed by atoms with E-state index >= 15 is 0 Å². The minimum absolute atomic E-state index is 0.0590. The van der Waals surface area contributed by atoms with Crippen molar-refractivity contribution in [3.8, 4) is 0 Å².